The van der Waals surface area contributed by atoms with Gasteiger partial charge in [0.1, 0.15) is 0 Å². The Morgan fingerprint density at radius 1 is 1.53 bits per heavy atom. The number of aromatic nitrogens is 2. The molecule has 15 heavy (non-hydrogen) atoms. The van der Waals surface area contributed by atoms with Crippen LogP contribution in [0.25, 0.3) is 0 Å². The zero-order valence-electron chi connectivity index (χ0n) is 9.77. The predicted octanol–water partition coefficient (Wildman–Crippen LogP) is 3.74. The van der Waals surface area contributed by atoms with Crippen molar-refractivity contribution in [3.8, 4) is 0 Å². The van der Waals surface area contributed by atoms with Gasteiger partial charge in [-0.15, -0.1) is 0 Å². The highest BCUT2D eigenvalue weighted by Crippen LogP contribution is 2.32. The quantitative estimate of drug-likeness (QED) is 0.773. The van der Waals surface area contributed by atoms with Gasteiger partial charge in [-0.25, -0.2) is 0 Å². The molecule has 0 aromatic carbocycles. The van der Waals surface area contributed by atoms with Crippen LogP contribution in [0.5, 0.6) is 0 Å². The molecule has 0 fully saturated rings. The van der Waals surface area contributed by atoms with Crippen LogP contribution in [0.15, 0.2) is 0 Å². The molecule has 0 aliphatic heterocycles. The van der Waals surface area contributed by atoms with Gasteiger partial charge in [0.2, 0.25) is 0 Å². The van der Waals surface area contributed by atoms with E-state index in [0.29, 0.717) is 0 Å². The second-order valence-corrected chi connectivity index (χ2v) is 5.38. The van der Waals surface area contributed by atoms with Gasteiger partial charge in [-0.2, -0.15) is 5.10 Å². The van der Waals surface area contributed by atoms with E-state index in [4.69, 9.17) is 11.6 Å². The molecular formula is C11H18BrClN2. The summed E-state index contributed by atoms with van der Waals surface area (Å²) in [4.78, 5) is 0. The summed E-state index contributed by atoms with van der Waals surface area (Å²) in [5.41, 5.74) is 2.31. The molecule has 0 spiro atoms. The zero-order chi connectivity index (χ0) is 11.6. The maximum Gasteiger partial charge on any atom is 0.0847 e. The minimum atomic E-state index is 0.254. The molecule has 1 rings (SSSR count). The van der Waals surface area contributed by atoms with Gasteiger partial charge in [0.05, 0.1) is 16.4 Å². The first kappa shape index (κ1) is 13.0. The molecule has 1 aromatic heterocycles. The molecule has 0 saturated heterocycles. The first-order valence-corrected chi connectivity index (χ1v) is 6.67. The van der Waals surface area contributed by atoms with Crippen molar-refractivity contribution in [1.29, 1.82) is 0 Å². The highest BCUT2D eigenvalue weighted by Gasteiger charge is 2.25. The minimum absolute atomic E-state index is 0.254. The summed E-state index contributed by atoms with van der Waals surface area (Å²) < 4.78 is 1.90. The Morgan fingerprint density at radius 2 is 2.13 bits per heavy atom. The Morgan fingerprint density at radius 3 is 2.47 bits per heavy atom. The molecule has 0 N–H and O–H groups in total. The van der Waals surface area contributed by atoms with E-state index in [1.165, 1.54) is 0 Å². The second-order valence-electron chi connectivity index (χ2n) is 4.44. The molecule has 1 unspecified atom stereocenters. The van der Waals surface area contributed by atoms with Crippen LogP contribution in [-0.2, 0) is 13.5 Å². The van der Waals surface area contributed by atoms with Crippen LogP contribution in [0.2, 0.25) is 5.02 Å². The maximum atomic E-state index is 6.24. The van der Waals surface area contributed by atoms with Gasteiger partial charge < -0.3 is 0 Å². The molecule has 1 atom stereocenters. The van der Waals surface area contributed by atoms with Crippen molar-refractivity contribution in [3.63, 3.8) is 0 Å². The lowest BCUT2D eigenvalue weighted by atomic mass is 9.85. The number of nitrogens with zero attached hydrogens (tertiary/aromatic N) is 2. The number of hydrogen-bond acceptors (Lipinski definition) is 1. The monoisotopic (exact) mass is 292 g/mol. The number of aryl methyl sites for hydroxylation is 2. The fraction of sp³-hybridized carbons (Fsp3) is 0.727. The van der Waals surface area contributed by atoms with Crippen LogP contribution >= 0.6 is 27.5 Å². The Labute approximate surface area is 105 Å². The molecule has 0 radical (unpaired) electrons. The van der Waals surface area contributed by atoms with Crippen molar-refractivity contribution in [2.75, 3.05) is 5.33 Å². The standard InChI is InChI=1S/C11H18BrClN2/c1-5-11(3,7-12)6-9-10(13)8(2)14-15(9)4/h5-7H2,1-4H3. The third-order valence-corrected chi connectivity index (χ3v) is 4.88. The van der Waals surface area contributed by atoms with Gasteiger partial charge in [-0.05, 0) is 25.2 Å². The van der Waals surface area contributed by atoms with Crippen molar-refractivity contribution < 1.29 is 0 Å². The summed E-state index contributed by atoms with van der Waals surface area (Å²) in [6.07, 6.45) is 2.09. The molecular weight excluding hydrogens is 275 g/mol. The summed E-state index contributed by atoms with van der Waals surface area (Å²) in [6.45, 7) is 6.42. The van der Waals surface area contributed by atoms with E-state index in [1.807, 2.05) is 18.7 Å². The lowest BCUT2D eigenvalue weighted by Crippen LogP contribution is -2.22. The van der Waals surface area contributed by atoms with E-state index in [9.17, 15) is 0 Å². The van der Waals surface area contributed by atoms with E-state index in [-0.39, 0.29) is 5.41 Å². The molecule has 1 heterocycles. The average molecular weight is 294 g/mol. The summed E-state index contributed by atoms with van der Waals surface area (Å²) >= 11 is 9.81. The van der Waals surface area contributed by atoms with Crippen LogP contribution in [-0.4, -0.2) is 15.1 Å². The SMILES string of the molecule is CCC(C)(CBr)Cc1c(Cl)c(C)nn1C. The van der Waals surface area contributed by atoms with Crippen molar-refractivity contribution in [1.82, 2.24) is 9.78 Å². The maximum absolute atomic E-state index is 6.24. The Hall–Kier alpha value is -0.0200. The Bertz CT molecular complexity index is 343. The van der Waals surface area contributed by atoms with Crippen LogP contribution in [0.3, 0.4) is 0 Å². The molecule has 1 aromatic rings. The van der Waals surface area contributed by atoms with Crippen LogP contribution in [0.1, 0.15) is 31.7 Å². The van der Waals surface area contributed by atoms with Crippen molar-refractivity contribution in [3.05, 3.63) is 16.4 Å². The number of hydrogen-bond donors (Lipinski definition) is 0. The van der Waals surface area contributed by atoms with E-state index in [2.05, 4.69) is 34.9 Å². The van der Waals surface area contributed by atoms with Crippen molar-refractivity contribution >= 4 is 27.5 Å². The van der Waals surface area contributed by atoms with Crippen molar-refractivity contribution in [2.24, 2.45) is 12.5 Å². The van der Waals surface area contributed by atoms with E-state index in [0.717, 1.165) is 34.6 Å². The molecule has 0 saturated carbocycles. The smallest absolute Gasteiger partial charge is 0.0847 e. The van der Waals surface area contributed by atoms with Gasteiger partial charge in [0, 0.05) is 12.4 Å². The normalized spacial score (nSPS) is 15.3. The highest BCUT2D eigenvalue weighted by molar-refractivity contribution is 9.09. The van der Waals surface area contributed by atoms with Crippen LogP contribution in [0, 0.1) is 12.3 Å². The Kier molecular flexibility index (Phi) is 4.24. The minimum Gasteiger partial charge on any atom is -0.271 e. The number of rotatable bonds is 4. The first-order valence-electron chi connectivity index (χ1n) is 5.17. The van der Waals surface area contributed by atoms with E-state index in [1.54, 1.807) is 0 Å². The second kappa shape index (κ2) is 4.88. The number of halogens is 2. The highest BCUT2D eigenvalue weighted by atomic mass is 79.9. The van der Waals surface area contributed by atoms with Crippen LogP contribution < -0.4 is 0 Å². The summed E-state index contributed by atoms with van der Waals surface area (Å²) in [7, 11) is 1.96. The molecule has 4 heteroatoms. The van der Waals surface area contributed by atoms with Gasteiger partial charge >= 0.3 is 0 Å². The summed E-state index contributed by atoms with van der Waals surface area (Å²) in [5, 5.41) is 6.13. The lowest BCUT2D eigenvalue weighted by Gasteiger charge is -2.25. The lowest BCUT2D eigenvalue weighted by molar-refractivity contribution is 0.351. The first-order chi connectivity index (χ1) is 6.93. The topological polar surface area (TPSA) is 17.8 Å². The molecule has 86 valence electrons. The molecule has 0 amide bonds. The molecule has 2 nitrogen and oxygen atoms in total. The fourth-order valence-electron chi connectivity index (χ4n) is 1.54. The number of alkyl halides is 1. The molecule has 0 bridgehead atoms. The van der Waals surface area contributed by atoms with Gasteiger partial charge in [-0.3, -0.25) is 4.68 Å². The van der Waals surface area contributed by atoms with Crippen molar-refractivity contribution in [2.45, 2.75) is 33.6 Å². The third-order valence-electron chi connectivity index (χ3n) is 3.03. The van der Waals surface area contributed by atoms with Gasteiger partial charge in [0.25, 0.3) is 0 Å². The van der Waals surface area contributed by atoms with Gasteiger partial charge in [0.15, 0.2) is 0 Å². The molecule has 0 aliphatic carbocycles. The van der Waals surface area contributed by atoms with E-state index < -0.39 is 0 Å². The zero-order valence-corrected chi connectivity index (χ0v) is 12.1. The summed E-state index contributed by atoms with van der Waals surface area (Å²) in [5.74, 6) is 0. The third kappa shape index (κ3) is 2.76. The van der Waals surface area contributed by atoms with Gasteiger partial charge in [-0.1, -0.05) is 41.4 Å². The summed E-state index contributed by atoms with van der Waals surface area (Å²) in [6, 6.07) is 0. The fourth-order valence-corrected chi connectivity index (χ4v) is 2.36. The molecule has 0 aliphatic rings. The largest absolute Gasteiger partial charge is 0.271 e. The Balaban J connectivity index is 2.98. The van der Waals surface area contributed by atoms with Crippen LogP contribution in [0.4, 0.5) is 0 Å². The predicted molar refractivity (Wildman–Crippen MR) is 68.9 cm³/mol. The van der Waals surface area contributed by atoms with E-state index >= 15 is 0 Å². The average Bonchev–Trinajstić information content (AvgIpc) is 2.45.